The summed E-state index contributed by atoms with van der Waals surface area (Å²) in [6.07, 6.45) is 0. The first-order valence-corrected chi connectivity index (χ1v) is 15.5. The number of anilines is 1. The number of benzene rings is 3. The number of methoxy groups -OCH3 is 2. The SMILES string of the molecule is CCOC(=O)C1=C(C)N=c2s/c(=C3\C(=O)N(Cc4ccccc4)c4ccc(Br)cc43)c(=O)n2[C@@H]1c1ccc(OC)cc1OC. The largest absolute Gasteiger partial charge is 0.497 e. The number of nitrogens with zero attached hydrogens (tertiary/aromatic N) is 3. The second-order valence-electron chi connectivity index (χ2n) is 10.1. The van der Waals surface area contributed by atoms with E-state index in [0.29, 0.717) is 50.9 Å². The number of amides is 1. The van der Waals surface area contributed by atoms with Crippen LogP contribution in [0.15, 0.2) is 92.3 Å². The van der Waals surface area contributed by atoms with Crippen LogP contribution < -0.4 is 29.3 Å². The van der Waals surface area contributed by atoms with Crippen LogP contribution in [0.4, 0.5) is 5.69 Å². The van der Waals surface area contributed by atoms with E-state index in [1.165, 1.54) is 11.7 Å². The molecule has 0 radical (unpaired) electrons. The number of fused-ring (bicyclic) bond motifs is 2. The van der Waals surface area contributed by atoms with Crippen molar-refractivity contribution in [3.8, 4) is 11.5 Å². The quantitative estimate of drug-likeness (QED) is 0.268. The number of esters is 1. The Morgan fingerprint density at radius 2 is 1.80 bits per heavy atom. The highest BCUT2D eigenvalue weighted by Crippen LogP contribution is 2.40. The Kier molecular flexibility index (Phi) is 8.00. The van der Waals surface area contributed by atoms with Crippen LogP contribution >= 0.6 is 27.3 Å². The average Bonchev–Trinajstić information content (AvgIpc) is 3.48. The molecule has 4 aromatic rings. The predicted molar refractivity (Wildman–Crippen MR) is 171 cm³/mol. The van der Waals surface area contributed by atoms with E-state index in [9.17, 15) is 14.4 Å². The van der Waals surface area contributed by atoms with Crippen molar-refractivity contribution >= 4 is 50.4 Å². The Bertz CT molecular complexity index is 2030. The number of hydrogen-bond donors (Lipinski definition) is 0. The molecule has 6 rings (SSSR count). The molecule has 0 bridgehead atoms. The molecule has 224 valence electrons. The van der Waals surface area contributed by atoms with Crippen LogP contribution in [0.3, 0.4) is 0 Å². The first-order chi connectivity index (χ1) is 21.3. The lowest BCUT2D eigenvalue weighted by atomic mass is 9.95. The van der Waals surface area contributed by atoms with Crippen LogP contribution in [-0.4, -0.2) is 37.3 Å². The first-order valence-electron chi connectivity index (χ1n) is 13.9. The highest BCUT2D eigenvalue weighted by Gasteiger charge is 2.38. The highest BCUT2D eigenvalue weighted by atomic mass is 79.9. The molecule has 11 heteroatoms. The summed E-state index contributed by atoms with van der Waals surface area (Å²) in [5, 5.41) is 0. The van der Waals surface area contributed by atoms with Gasteiger partial charge in [-0.25, -0.2) is 9.79 Å². The molecule has 9 nitrogen and oxygen atoms in total. The van der Waals surface area contributed by atoms with Crippen molar-refractivity contribution in [3.63, 3.8) is 0 Å². The van der Waals surface area contributed by atoms with Gasteiger partial charge in [0.15, 0.2) is 4.80 Å². The Morgan fingerprint density at radius 3 is 2.50 bits per heavy atom. The normalized spacial score (nSPS) is 16.8. The van der Waals surface area contributed by atoms with Crippen molar-refractivity contribution in [2.24, 2.45) is 4.99 Å². The molecule has 1 atom stereocenters. The number of aromatic nitrogens is 1. The second-order valence-corrected chi connectivity index (χ2v) is 12.0. The van der Waals surface area contributed by atoms with Gasteiger partial charge >= 0.3 is 5.97 Å². The topological polar surface area (TPSA) is 99.4 Å². The average molecular weight is 675 g/mol. The summed E-state index contributed by atoms with van der Waals surface area (Å²) in [4.78, 5) is 48.8. The fraction of sp³-hybridized carbons (Fsp3) is 0.212. The standard InChI is InChI=1S/C33H28BrN3O6S/c1-5-43-32(40)26-18(2)35-33-37(28(26)22-13-12-21(41-3)16-25(22)42-4)31(39)29(44-33)27-23-15-20(34)11-14-24(23)36(30(27)38)17-19-9-7-6-8-10-19/h6-16,28H,5,17H2,1-4H3/b29-27-/t28-/m1/s1. The number of allylic oxidation sites excluding steroid dienone is 1. The van der Waals surface area contributed by atoms with Gasteiger partial charge in [0.2, 0.25) is 0 Å². The number of carbonyl (C=O) groups is 2. The zero-order valence-corrected chi connectivity index (χ0v) is 26.8. The predicted octanol–water partition coefficient (Wildman–Crippen LogP) is 4.50. The molecule has 0 N–H and O–H groups in total. The third kappa shape index (κ3) is 4.95. The molecule has 2 aliphatic rings. The fourth-order valence-corrected chi connectivity index (χ4v) is 7.12. The van der Waals surface area contributed by atoms with E-state index < -0.39 is 17.6 Å². The first kappa shape index (κ1) is 29.6. The van der Waals surface area contributed by atoms with Gasteiger partial charge < -0.3 is 19.1 Å². The van der Waals surface area contributed by atoms with E-state index in [4.69, 9.17) is 14.2 Å². The van der Waals surface area contributed by atoms with Gasteiger partial charge in [-0.3, -0.25) is 14.2 Å². The zero-order chi connectivity index (χ0) is 31.1. The molecule has 3 heterocycles. The van der Waals surface area contributed by atoms with Gasteiger partial charge in [0.25, 0.3) is 11.5 Å². The van der Waals surface area contributed by atoms with Crippen LogP contribution in [0, 0.1) is 0 Å². The molecule has 0 saturated carbocycles. The number of thiazole rings is 1. The molecule has 0 spiro atoms. The summed E-state index contributed by atoms with van der Waals surface area (Å²) in [6.45, 7) is 3.92. The van der Waals surface area contributed by atoms with Gasteiger partial charge in [-0.2, -0.15) is 0 Å². The minimum atomic E-state index is -0.917. The van der Waals surface area contributed by atoms with Crippen molar-refractivity contribution in [1.29, 1.82) is 0 Å². The second kappa shape index (κ2) is 11.9. The summed E-state index contributed by atoms with van der Waals surface area (Å²) in [5.74, 6) is 0.0992. The maximum Gasteiger partial charge on any atom is 0.338 e. The van der Waals surface area contributed by atoms with Crippen LogP contribution in [-0.2, 0) is 20.9 Å². The molecule has 1 amide bonds. The minimum Gasteiger partial charge on any atom is -0.497 e. The van der Waals surface area contributed by atoms with Crippen LogP contribution in [0.25, 0.3) is 5.57 Å². The molecule has 1 aromatic heterocycles. The zero-order valence-electron chi connectivity index (χ0n) is 24.4. The number of ether oxygens (including phenoxy) is 3. The highest BCUT2D eigenvalue weighted by molar-refractivity contribution is 9.10. The third-order valence-corrected chi connectivity index (χ3v) is 9.16. The lowest BCUT2D eigenvalue weighted by Crippen LogP contribution is -2.41. The molecule has 44 heavy (non-hydrogen) atoms. The monoisotopic (exact) mass is 673 g/mol. The lowest BCUT2D eigenvalue weighted by Gasteiger charge is -2.26. The summed E-state index contributed by atoms with van der Waals surface area (Å²) in [5.41, 5.74) is 3.34. The van der Waals surface area contributed by atoms with Crippen molar-refractivity contribution in [2.75, 3.05) is 25.7 Å². The van der Waals surface area contributed by atoms with Gasteiger partial charge in [-0.05, 0) is 49.7 Å². The molecular formula is C33H28BrN3O6S. The van der Waals surface area contributed by atoms with E-state index in [1.54, 1.807) is 44.1 Å². The third-order valence-electron chi connectivity index (χ3n) is 7.62. The van der Waals surface area contributed by atoms with Gasteiger partial charge in [-0.15, -0.1) is 0 Å². The number of halogens is 1. The molecular weight excluding hydrogens is 646 g/mol. The van der Waals surface area contributed by atoms with E-state index in [2.05, 4.69) is 20.9 Å². The van der Waals surface area contributed by atoms with Gasteiger partial charge in [0, 0.05) is 21.7 Å². The fourth-order valence-electron chi connectivity index (χ4n) is 5.63. The minimum absolute atomic E-state index is 0.147. The summed E-state index contributed by atoms with van der Waals surface area (Å²) in [6, 6.07) is 19.6. The van der Waals surface area contributed by atoms with E-state index >= 15 is 0 Å². The van der Waals surface area contributed by atoms with Gasteiger partial charge in [-0.1, -0.05) is 57.6 Å². The molecule has 2 aliphatic heterocycles. The number of rotatable bonds is 7. The summed E-state index contributed by atoms with van der Waals surface area (Å²) in [7, 11) is 3.06. The molecule has 0 saturated heterocycles. The maximum atomic E-state index is 14.5. The van der Waals surface area contributed by atoms with Crippen LogP contribution in [0.2, 0.25) is 0 Å². The smallest absolute Gasteiger partial charge is 0.338 e. The molecule has 0 aliphatic carbocycles. The Morgan fingerprint density at radius 1 is 1.02 bits per heavy atom. The molecule has 0 fully saturated rings. The van der Waals surface area contributed by atoms with Gasteiger partial charge in [0.05, 0.1) is 49.9 Å². The summed E-state index contributed by atoms with van der Waals surface area (Å²) < 4.78 is 19.0. The summed E-state index contributed by atoms with van der Waals surface area (Å²) >= 11 is 4.66. The molecule has 3 aromatic carbocycles. The Balaban J connectivity index is 1.62. The number of hydrogen-bond acceptors (Lipinski definition) is 8. The Labute approximate surface area is 265 Å². The van der Waals surface area contributed by atoms with Crippen molar-refractivity contribution in [3.05, 3.63) is 119 Å². The lowest BCUT2D eigenvalue weighted by molar-refractivity contribution is -0.139. The van der Waals surface area contributed by atoms with Crippen molar-refractivity contribution in [1.82, 2.24) is 4.57 Å². The van der Waals surface area contributed by atoms with Crippen LogP contribution in [0.1, 0.15) is 36.6 Å². The van der Waals surface area contributed by atoms with E-state index in [-0.39, 0.29) is 22.6 Å². The van der Waals surface area contributed by atoms with E-state index in [0.717, 1.165) is 21.4 Å². The maximum absolute atomic E-state index is 14.5. The van der Waals surface area contributed by atoms with Gasteiger partial charge in [0.1, 0.15) is 22.1 Å². The van der Waals surface area contributed by atoms with Crippen molar-refractivity contribution < 1.29 is 23.8 Å². The van der Waals surface area contributed by atoms with Crippen LogP contribution in [0.5, 0.6) is 11.5 Å². The van der Waals surface area contributed by atoms with E-state index in [1.807, 2.05) is 48.5 Å². The molecule has 0 unspecified atom stereocenters. The Hall–Kier alpha value is -4.48. The van der Waals surface area contributed by atoms with Crippen molar-refractivity contribution in [2.45, 2.75) is 26.4 Å². The number of carbonyl (C=O) groups excluding carboxylic acids is 2.